The number of benzene rings is 2. The van der Waals surface area contributed by atoms with Gasteiger partial charge in [-0.25, -0.2) is 0 Å². The summed E-state index contributed by atoms with van der Waals surface area (Å²) in [5.41, 5.74) is 10.5. The molecule has 1 heterocycles. The van der Waals surface area contributed by atoms with Crippen LogP contribution in [0.3, 0.4) is 0 Å². The number of rotatable bonds is 4. The zero-order chi connectivity index (χ0) is 18.0. The van der Waals surface area contributed by atoms with E-state index in [1.54, 1.807) is 0 Å². The van der Waals surface area contributed by atoms with E-state index in [4.69, 9.17) is 0 Å². The molecule has 1 N–H and O–H groups in total. The normalized spacial score (nSPS) is 13.2. The average Bonchev–Trinajstić information content (AvgIpc) is 3.02. The number of nitrogens with one attached hydrogen (secondary N) is 1. The number of hydrogen-bond acceptors (Lipinski definition) is 0. The highest BCUT2D eigenvalue weighted by molar-refractivity contribution is 5.99. The smallest absolute Gasteiger partial charge is 0.0490 e. The lowest BCUT2D eigenvalue weighted by Crippen LogP contribution is -1.92. The van der Waals surface area contributed by atoms with E-state index in [1.807, 2.05) is 0 Å². The van der Waals surface area contributed by atoms with Gasteiger partial charge in [-0.3, -0.25) is 0 Å². The van der Waals surface area contributed by atoms with Crippen LogP contribution >= 0.6 is 0 Å². The number of aromatic amines is 1. The Morgan fingerprint density at radius 2 is 1.68 bits per heavy atom. The van der Waals surface area contributed by atoms with E-state index in [2.05, 4.69) is 94.3 Å². The fourth-order valence-electron chi connectivity index (χ4n) is 3.52. The summed E-state index contributed by atoms with van der Waals surface area (Å²) >= 11 is 0. The molecule has 128 valence electrons. The van der Waals surface area contributed by atoms with Gasteiger partial charge < -0.3 is 4.98 Å². The van der Waals surface area contributed by atoms with Crippen LogP contribution < -0.4 is 0 Å². The fourth-order valence-corrected chi connectivity index (χ4v) is 3.52. The minimum Gasteiger partial charge on any atom is -0.360 e. The van der Waals surface area contributed by atoms with Crippen LogP contribution in [0.25, 0.3) is 22.6 Å². The maximum Gasteiger partial charge on any atom is 0.0490 e. The van der Waals surface area contributed by atoms with Crippen molar-refractivity contribution in [3.8, 4) is 0 Å². The topological polar surface area (TPSA) is 15.8 Å². The van der Waals surface area contributed by atoms with E-state index in [0.29, 0.717) is 0 Å². The van der Waals surface area contributed by atoms with Crippen LogP contribution in [0.1, 0.15) is 49.4 Å². The standard InChI is InChI=1S/C24H27N/c1-6-16(2)23(19(5)14-20-12-8-7-10-17(20)3)22-15-25-24-18(4)11-9-13-21(22)24/h7-15,25H,6H2,1-5H3/b19-14-,23-16+. The van der Waals surface area contributed by atoms with Gasteiger partial charge in [0.15, 0.2) is 0 Å². The lowest BCUT2D eigenvalue weighted by Gasteiger charge is -2.13. The lowest BCUT2D eigenvalue weighted by atomic mass is 9.91. The molecule has 0 aliphatic carbocycles. The summed E-state index contributed by atoms with van der Waals surface area (Å²) in [5.74, 6) is 0. The molecular formula is C24H27N. The SMILES string of the molecule is CC/C(C)=C(\C(C)=C/c1ccccc1C)c1c[nH]c2c(C)cccc12. The highest BCUT2D eigenvalue weighted by Gasteiger charge is 2.14. The number of aryl methyl sites for hydroxylation is 2. The third kappa shape index (κ3) is 3.32. The van der Waals surface area contributed by atoms with Gasteiger partial charge in [0.05, 0.1) is 0 Å². The monoisotopic (exact) mass is 329 g/mol. The molecule has 25 heavy (non-hydrogen) atoms. The summed E-state index contributed by atoms with van der Waals surface area (Å²) in [7, 11) is 0. The van der Waals surface area contributed by atoms with Crippen LogP contribution in [0, 0.1) is 13.8 Å². The van der Waals surface area contributed by atoms with Crippen molar-refractivity contribution in [3.63, 3.8) is 0 Å². The van der Waals surface area contributed by atoms with Gasteiger partial charge in [-0.05, 0) is 62.0 Å². The quantitative estimate of drug-likeness (QED) is 0.493. The Kier molecular flexibility index (Phi) is 4.94. The zero-order valence-electron chi connectivity index (χ0n) is 15.9. The van der Waals surface area contributed by atoms with Gasteiger partial charge in [-0.2, -0.15) is 0 Å². The Bertz CT molecular complexity index is 967. The molecule has 0 unspecified atom stereocenters. The molecule has 3 aromatic rings. The Labute approximate surface area is 151 Å². The van der Waals surface area contributed by atoms with E-state index in [1.165, 1.54) is 49.9 Å². The first-order chi connectivity index (χ1) is 12.0. The van der Waals surface area contributed by atoms with E-state index < -0.39 is 0 Å². The summed E-state index contributed by atoms with van der Waals surface area (Å²) in [4.78, 5) is 3.48. The van der Waals surface area contributed by atoms with Gasteiger partial charge in [-0.15, -0.1) is 0 Å². The molecule has 0 aliphatic rings. The summed E-state index contributed by atoms with van der Waals surface area (Å²) in [6.45, 7) is 11.0. The lowest BCUT2D eigenvalue weighted by molar-refractivity contribution is 1.10. The Hall–Kier alpha value is -2.54. The molecule has 0 saturated carbocycles. The van der Waals surface area contributed by atoms with Crippen LogP contribution in [-0.4, -0.2) is 4.98 Å². The van der Waals surface area contributed by atoms with Gasteiger partial charge in [0.2, 0.25) is 0 Å². The molecule has 0 spiro atoms. The largest absolute Gasteiger partial charge is 0.360 e. The van der Waals surface area contributed by atoms with Crippen LogP contribution in [-0.2, 0) is 0 Å². The van der Waals surface area contributed by atoms with Crippen molar-refractivity contribution in [3.05, 3.63) is 82.1 Å². The Morgan fingerprint density at radius 3 is 2.40 bits per heavy atom. The van der Waals surface area contributed by atoms with Gasteiger partial charge in [0.1, 0.15) is 0 Å². The number of H-pyrrole nitrogens is 1. The molecule has 0 bridgehead atoms. The third-order valence-electron chi connectivity index (χ3n) is 5.11. The molecule has 2 aromatic carbocycles. The van der Waals surface area contributed by atoms with Crippen molar-refractivity contribution in [2.75, 3.05) is 0 Å². The van der Waals surface area contributed by atoms with Crippen molar-refractivity contribution < 1.29 is 0 Å². The zero-order valence-corrected chi connectivity index (χ0v) is 15.9. The summed E-state index contributed by atoms with van der Waals surface area (Å²) in [6, 6.07) is 15.1. The van der Waals surface area contributed by atoms with Crippen molar-refractivity contribution in [2.24, 2.45) is 0 Å². The number of aromatic nitrogens is 1. The molecule has 0 atom stereocenters. The molecule has 1 aromatic heterocycles. The highest BCUT2D eigenvalue weighted by Crippen LogP contribution is 2.35. The molecule has 1 nitrogen and oxygen atoms in total. The van der Waals surface area contributed by atoms with Gasteiger partial charge in [0, 0.05) is 22.7 Å². The predicted molar refractivity (Wildman–Crippen MR) is 111 cm³/mol. The summed E-state index contributed by atoms with van der Waals surface area (Å²) < 4.78 is 0. The maximum atomic E-state index is 3.48. The van der Waals surface area contributed by atoms with Crippen LogP contribution in [0.5, 0.6) is 0 Å². The minimum atomic E-state index is 1.05. The van der Waals surface area contributed by atoms with Crippen molar-refractivity contribution in [1.82, 2.24) is 4.98 Å². The van der Waals surface area contributed by atoms with E-state index >= 15 is 0 Å². The minimum absolute atomic E-state index is 1.05. The Balaban J connectivity index is 2.19. The number of fused-ring (bicyclic) bond motifs is 1. The van der Waals surface area contributed by atoms with Gasteiger partial charge >= 0.3 is 0 Å². The molecule has 0 amide bonds. The van der Waals surface area contributed by atoms with Gasteiger partial charge in [-0.1, -0.05) is 61.0 Å². The predicted octanol–water partition coefficient (Wildman–Crippen LogP) is 7.07. The molecule has 0 saturated heterocycles. The van der Waals surface area contributed by atoms with E-state index in [0.717, 1.165) is 6.42 Å². The Morgan fingerprint density at radius 1 is 0.960 bits per heavy atom. The van der Waals surface area contributed by atoms with Gasteiger partial charge in [0.25, 0.3) is 0 Å². The molecular weight excluding hydrogens is 302 g/mol. The first-order valence-electron chi connectivity index (χ1n) is 9.04. The number of allylic oxidation sites excluding steroid dienone is 3. The van der Waals surface area contributed by atoms with Crippen molar-refractivity contribution in [1.29, 1.82) is 0 Å². The molecule has 1 heteroatoms. The van der Waals surface area contributed by atoms with Crippen LogP contribution in [0.4, 0.5) is 0 Å². The van der Waals surface area contributed by atoms with E-state index in [9.17, 15) is 0 Å². The number of para-hydroxylation sites is 1. The van der Waals surface area contributed by atoms with Crippen molar-refractivity contribution in [2.45, 2.75) is 41.0 Å². The summed E-state index contributed by atoms with van der Waals surface area (Å²) in [5, 5.41) is 1.31. The fraction of sp³-hybridized carbons (Fsp3) is 0.250. The maximum absolute atomic E-state index is 3.48. The molecule has 0 radical (unpaired) electrons. The van der Waals surface area contributed by atoms with E-state index in [-0.39, 0.29) is 0 Å². The first kappa shape index (κ1) is 17.3. The van der Waals surface area contributed by atoms with Crippen LogP contribution in [0.2, 0.25) is 0 Å². The number of hydrogen-bond donors (Lipinski definition) is 1. The first-order valence-corrected chi connectivity index (χ1v) is 9.04. The highest BCUT2D eigenvalue weighted by atomic mass is 14.7. The molecule has 0 aliphatic heterocycles. The summed E-state index contributed by atoms with van der Waals surface area (Å²) in [6.07, 6.45) is 5.53. The third-order valence-corrected chi connectivity index (χ3v) is 5.11. The second-order valence-electron chi connectivity index (χ2n) is 6.89. The second-order valence-corrected chi connectivity index (χ2v) is 6.89. The second kappa shape index (κ2) is 7.14. The van der Waals surface area contributed by atoms with Crippen LogP contribution in [0.15, 0.2) is 59.8 Å². The molecule has 0 fully saturated rings. The average molecular weight is 329 g/mol. The van der Waals surface area contributed by atoms with Crippen molar-refractivity contribution >= 4 is 22.6 Å². The molecule has 3 rings (SSSR count).